The SMILES string of the molecule is O=C(Nc1nc2c(Cl)c(Cl)ccc2s1)c1cnccn1. The van der Waals surface area contributed by atoms with Crippen LogP contribution in [0.15, 0.2) is 30.7 Å². The monoisotopic (exact) mass is 324 g/mol. The molecule has 1 aromatic carbocycles. The minimum absolute atomic E-state index is 0.218. The van der Waals surface area contributed by atoms with E-state index in [2.05, 4.69) is 20.3 Å². The lowest BCUT2D eigenvalue weighted by Crippen LogP contribution is -2.13. The number of hydrogen-bond donors (Lipinski definition) is 1. The molecule has 1 amide bonds. The van der Waals surface area contributed by atoms with Gasteiger partial charge in [-0.15, -0.1) is 0 Å². The Morgan fingerprint density at radius 1 is 1.25 bits per heavy atom. The number of nitrogens with one attached hydrogen (secondary N) is 1. The van der Waals surface area contributed by atoms with Gasteiger partial charge in [0.05, 0.1) is 20.9 Å². The number of anilines is 1. The molecule has 3 rings (SSSR count). The molecule has 0 fully saturated rings. The molecule has 1 N–H and O–H groups in total. The second-order valence-corrected chi connectivity index (χ2v) is 5.59. The third-order valence-corrected chi connectivity index (χ3v) is 4.20. The maximum atomic E-state index is 11.9. The summed E-state index contributed by atoms with van der Waals surface area (Å²) in [6.07, 6.45) is 4.33. The van der Waals surface area contributed by atoms with Crippen LogP contribution in [-0.4, -0.2) is 20.9 Å². The smallest absolute Gasteiger partial charge is 0.277 e. The molecule has 0 aliphatic rings. The van der Waals surface area contributed by atoms with Crippen molar-refractivity contribution >= 4 is 55.8 Å². The van der Waals surface area contributed by atoms with Crippen LogP contribution in [0.1, 0.15) is 10.5 Å². The summed E-state index contributed by atoms with van der Waals surface area (Å²) in [5.74, 6) is -0.376. The Labute approximate surface area is 127 Å². The molecule has 3 aromatic rings. The summed E-state index contributed by atoms with van der Waals surface area (Å²) in [7, 11) is 0. The van der Waals surface area contributed by atoms with Crippen molar-refractivity contribution < 1.29 is 4.79 Å². The summed E-state index contributed by atoms with van der Waals surface area (Å²) < 4.78 is 0.842. The standard InChI is InChI=1S/C12H6Cl2N4OS/c13-6-1-2-8-10(9(6)14)17-12(20-8)18-11(19)7-5-15-3-4-16-7/h1-5H,(H,17,18,19). The Hall–Kier alpha value is -1.76. The fraction of sp³-hybridized carbons (Fsp3) is 0. The molecule has 0 aliphatic carbocycles. The summed E-state index contributed by atoms with van der Waals surface area (Å²) in [6, 6.07) is 3.50. The van der Waals surface area contributed by atoms with Gasteiger partial charge in [0.15, 0.2) is 5.13 Å². The Bertz CT molecular complexity index is 791. The van der Waals surface area contributed by atoms with Crippen molar-refractivity contribution in [2.45, 2.75) is 0 Å². The molecule has 100 valence electrons. The van der Waals surface area contributed by atoms with Gasteiger partial charge in [0.1, 0.15) is 11.2 Å². The van der Waals surface area contributed by atoms with Gasteiger partial charge in [-0.25, -0.2) is 9.97 Å². The number of fused-ring (bicyclic) bond motifs is 1. The second-order valence-electron chi connectivity index (χ2n) is 3.77. The Kier molecular flexibility index (Phi) is 3.52. The highest BCUT2D eigenvalue weighted by Gasteiger charge is 2.13. The van der Waals surface area contributed by atoms with E-state index in [9.17, 15) is 4.79 Å². The molecule has 0 radical (unpaired) electrons. The molecule has 0 saturated carbocycles. The maximum absolute atomic E-state index is 11.9. The molecule has 0 atom stereocenters. The first kappa shape index (κ1) is 13.2. The molecule has 5 nitrogen and oxygen atoms in total. The number of thiazole rings is 1. The first-order chi connectivity index (χ1) is 9.65. The number of halogens is 2. The lowest BCUT2D eigenvalue weighted by atomic mass is 10.3. The van der Waals surface area contributed by atoms with Crippen molar-refractivity contribution in [2.75, 3.05) is 5.32 Å². The molecular weight excluding hydrogens is 319 g/mol. The number of amides is 1. The Balaban J connectivity index is 1.92. The second kappa shape index (κ2) is 5.32. The Morgan fingerprint density at radius 3 is 2.85 bits per heavy atom. The van der Waals surface area contributed by atoms with Gasteiger partial charge in [0, 0.05) is 12.4 Å². The number of aromatic nitrogens is 3. The van der Waals surface area contributed by atoms with E-state index in [0.29, 0.717) is 20.7 Å². The highest BCUT2D eigenvalue weighted by atomic mass is 35.5. The predicted molar refractivity (Wildman–Crippen MR) is 79.6 cm³/mol. The molecule has 2 aromatic heterocycles. The predicted octanol–water partition coefficient (Wildman–Crippen LogP) is 3.65. The summed E-state index contributed by atoms with van der Waals surface area (Å²) in [6.45, 7) is 0. The van der Waals surface area contributed by atoms with Gasteiger partial charge in [0.25, 0.3) is 5.91 Å². The lowest BCUT2D eigenvalue weighted by molar-refractivity contribution is 0.102. The van der Waals surface area contributed by atoms with E-state index in [1.54, 1.807) is 12.1 Å². The zero-order chi connectivity index (χ0) is 14.1. The average Bonchev–Trinajstić information content (AvgIpc) is 2.87. The summed E-state index contributed by atoms with van der Waals surface area (Å²) in [5.41, 5.74) is 0.787. The molecular formula is C12H6Cl2N4OS. The van der Waals surface area contributed by atoms with Crippen molar-refractivity contribution in [1.82, 2.24) is 15.0 Å². The van der Waals surface area contributed by atoms with E-state index in [-0.39, 0.29) is 11.6 Å². The van der Waals surface area contributed by atoms with Crippen LogP contribution in [0.2, 0.25) is 10.0 Å². The number of carbonyl (C=O) groups is 1. The largest absolute Gasteiger partial charge is 0.296 e. The van der Waals surface area contributed by atoms with Gasteiger partial charge in [0.2, 0.25) is 0 Å². The van der Waals surface area contributed by atoms with Gasteiger partial charge in [-0.05, 0) is 12.1 Å². The first-order valence-corrected chi connectivity index (χ1v) is 7.04. The van der Waals surface area contributed by atoms with E-state index < -0.39 is 0 Å². The highest BCUT2D eigenvalue weighted by Crippen LogP contribution is 2.35. The average molecular weight is 325 g/mol. The van der Waals surface area contributed by atoms with Crippen LogP contribution in [0.4, 0.5) is 5.13 Å². The molecule has 0 spiro atoms. The van der Waals surface area contributed by atoms with Crippen LogP contribution < -0.4 is 5.32 Å². The van der Waals surface area contributed by atoms with Crippen LogP contribution in [0.25, 0.3) is 10.2 Å². The molecule has 0 aliphatic heterocycles. The van der Waals surface area contributed by atoms with Crippen molar-refractivity contribution in [3.05, 3.63) is 46.5 Å². The first-order valence-electron chi connectivity index (χ1n) is 5.47. The minimum Gasteiger partial charge on any atom is -0.296 e. The van der Waals surface area contributed by atoms with Crippen LogP contribution in [0.5, 0.6) is 0 Å². The normalized spacial score (nSPS) is 10.7. The number of hydrogen-bond acceptors (Lipinski definition) is 5. The summed E-state index contributed by atoms with van der Waals surface area (Å²) in [4.78, 5) is 23.9. The van der Waals surface area contributed by atoms with Crippen LogP contribution in [-0.2, 0) is 0 Å². The minimum atomic E-state index is -0.376. The lowest BCUT2D eigenvalue weighted by Gasteiger charge is -1.98. The van der Waals surface area contributed by atoms with Gasteiger partial charge < -0.3 is 0 Å². The quantitative estimate of drug-likeness (QED) is 0.781. The molecule has 0 bridgehead atoms. The zero-order valence-electron chi connectivity index (χ0n) is 9.80. The molecule has 0 unspecified atom stereocenters. The van der Waals surface area contributed by atoms with Crippen LogP contribution in [0, 0.1) is 0 Å². The van der Waals surface area contributed by atoms with E-state index in [4.69, 9.17) is 23.2 Å². The molecule has 8 heteroatoms. The molecule has 20 heavy (non-hydrogen) atoms. The van der Waals surface area contributed by atoms with E-state index in [1.807, 2.05) is 0 Å². The zero-order valence-corrected chi connectivity index (χ0v) is 12.1. The maximum Gasteiger partial charge on any atom is 0.277 e. The summed E-state index contributed by atoms with van der Waals surface area (Å²) >= 11 is 13.3. The van der Waals surface area contributed by atoms with Gasteiger partial charge in [-0.1, -0.05) is 34.5 Å². The fourth-order valence-corrected chi connectivity index (χ4v) is 2.85. The molecule has 0 saturated heterocycles. The van der Waals surface area contributed by atoms with Crippen molar-refractivity contribution in [3.8, 4) is 0 Å². The fourth-order valence-electron chi connectivity index (χ4n) is 1.57. The van der Waals surface area contributed by atoms with Gasteiger partial charge in [-0.3, -0.25) is 15.1 Å². The van der Waals surface area contributed by atoms with E-state index in [0.717, 1.165) is 4.70 Å². The Morgan fingerprint density at radius 2 is 2.10 bits per heavy atom. The topological polar surface area (TPSA) is 67.8 Å². The van der Waals surface area contributed by atoms with Gasteiger partial charge >= 0.3 is 0 Å². The van der Waals surface area contributed by atoms with Crippen molar-refractivity contribution in [3.63, 3.8) is 0 Å². The van der Waals surface area contributed by atoms with Crippen LogP contribution in [0.3, 0.4) is 0 Å². The summed E-state index contributed by atoms with van der Waals surface area (Å²) in [5, 5.41) is 3.89. The third kappa shape index (κ3) is 2.45. The number of nitrogens with zero attached hydrogens (tertiary/aromatic N) is 3. The van der Waals surface area contributed by atoms with Crippen molar-refractivity contribution in [2.24, 2.45) is 0 Å². The third-order valence-electron chi connectivity index (χ3n) is 2.47. The van der Waals surface area contributed by atoms with E-state index >= 15 is 0 Å². The number of carbonyl (C=O) groups excluding carboxylic acids is 1. The van der Waals surface area contributed by atoms with Gasteiger partial charge in [-0.2, -0.15) is 0 Å². The molecule has 2 heterocycles. The number of benzene rings is 1. The van der Waals surface area contributed by atoms with Crippen LogP contribution >= 0.6 is 34.5 Å². The number of rotatable bonds is 2. The van der Waals surface area contributed by atoms with E-state index in [1.165, 1.54) is 29.9 Å². The van der Waals surface area contributed by atoms with Crippen molar-refractivity contribution in [1.29, 1.82) is 0 Å². The highest BCUT2D eigenvalue weighted by molar-refractivity contribution is 7.22.